The fourth-order valence-corrected chi connectivity index (χ4v) is 5.14. The maximum Gasteiger partial charge on any atom is 0.318 e. The quantitative estimate of drug-likeness (QED) is 0.286. The van der Waals surface area contributed by atoms with Crippen LogP contribution in [0.15, 0.2) is 70.5 Å². The van der Waals surface area contributed by atoms with Crippen LogP contribution in [-0.4, -0.2) is 35.3 Å². The molecule has 2 heterocycles. The largest absolute Gasteiger partial charge is 0.487 e. The molecule has 2 aromatic heterocycles. The van der Waals surface area contributed by atoms with Gasteiger partial charge >= 0.3 is 16.2 Å². The zero-order valence-corrected chi connectivity index (χ0v) is 21.3. The second kappa shape index (κ2) is 10.9. The monoisotopic (exact) mass is 527 g/mol. The van der Waals surface area contributed by atoms with Gasteiger partial charge in [-0.15, -0.1) is 11.3 Å². The number of carbonyl (C=O) groups is 1. The number of rotatable bonds is 11. The number of anilines is 1. The van der Waals surface area contributed by atoms with Crippen LogP contribution in [0.2, 0.25) is 0 Å². The van der Waals surface area contributed by atoms with E-state index in [1.165, 1.54) is 11.3 Å². The third-order valence-corrected chi connectivity index (χ3v) is 7.52. The summed E-state index contributed by atoms with van der Waals surface area (Å²) in [4.78, 5) is 16.8. The van der Waals surface area contributed by atoms with E-state index in [4.69, 9.17) is 9.15 Å². The number of nitrogens with zero attached hydrogens (tertiary/aromatic N) is 2. The normalized spacial score (nSPS) is 11.5. The Kier molecular flexibility index (Phi) is 7.73. The van der Waals surface area contributed by atoms with E-state index >= 15 is 0 Å². The lowest BCUT2D eigenvalue weighted by Crippen LogP contribution is -2.39. The summed E-state index contributed by atoms with van der Waals surface area (Å²) in [7, 11) is -4.11. The first-order chi connectivity index (χ1) is 17.2. The van der Waals surface area contributed by atoms with Crippen LogP contribution in [0.3, 0.4) is 0 Å². The molecule has 9 nitrogen and oxygen atoms in total. The first kappa shape index (κ1) is 25.4. The number of hydrogen-bond donors (Lipinski definition) is 2. The smallest absolute Gasteiger partial charge is 0.318 e. The van der Waals surface area contributed by atoms with E-state index in [9.17, 15) is 18.3 Å². The van der Waals surface area contributed by atoms with Crippen LogP contribution in [0.25, 0.3) is 10.8 Å². The molecule has 0 spiro atoms. The minimum atomic E-state index is -4.11. The van der Waals surface area contributed by atoms with Crippen molar-refractivity contribution >= 4 is 33.2 Å². The lowest BCUT2D eigenvalue weighted by molar-refractivity contribution is -0.137. The van der Waals surface area contributed by atoms with Gasteiger partial charge in [0.2, 0.25) is 5.89 Å². The molecule has 0 amide bonds. The first-order valence-electron chi connectivity index (χ1n) is 11.0. The third-order valence-electron chi connectivity index (χ3n) is 5.23. The Balaban J connectivity index is 1.41. The van der Waals surface area contributed by atoms with E-state index in [-0.39, 0.29) is 13.2 Å². The zero-order valence-electron chi connectivity index (χ0n) is 19.7. The van der Waals surface area contributed by atoms with Crippen LogP contribution >= 0.6 is 11.3 Å². The Hall–Kier alpha value is -3.67. The Morgan fingerprint density at radius 3 is 2.47 bits per heavy atom. The van der Waals surface area contributed by atoms with Gasteiger partial charge in [-0.2, -0.15) is 12.7 Å². The molecule has 2 N–H and O–H groups in total. The molecule has 36 heavy (non-hydrogen) atoms. The van der Waals surface area contributed by atoms with Crippen molar-refractivity contribution in [2.75, 3.05) is 11.3 Å². The SMILES string of the molecule is Cc1ccc(NS(=O)(=O)N(CC(=O)O)Cc2ccc(OCc3nc(-c4cccs4)oc3C)cc2)cc1. The molecular formula is C25H25N3O6S2. The molecular weight excluding hydrogens is 502 g/mol. The number of nitrogens with one attached hydrogen (secondary N) is 1. The number of benzene rings is 2. The van der Waals surface area contributed by atoms with Crippen LogP contribution in [0, 0.1) is 13.8 Å². The summed E-state index contributed by atoms with van der Waals surface area (Å²) in [5, 5.41) is 11.2. The van der Waals surface area contributed by atoms with E-state index < -0.39 is 22.7 Å². The number of aliphatic carboxylic acids is 1. The average Bonchev–Trinajstić information content (AvgIpc) is 3.49. The van der Waals surface area contributed by atoms with Crippen molar-refractivity contribution < 1.29 is 27.5 Å². The molecule has 0 saturated carbocycles. The van der Waals surface area contributed by atoms with Crippen molar-refractivity contribution in [2.24, 2.45) is 0 Å². The predicted octanol–water partition coefficient (Wildman–Crippen LogP) is 4.84. The molecule has 2 aromatic carbocycles. The van der Waals surface area contributed by atoms with E-state index in [1.54, 1.807) is 48.5 Å². The second-order valence-corrected chi connectivity index (χ2v) is 10.7. The number of hydrogen-bond acceptors (Lipinski definition) is 7. The number of carboxylic acids is 1. The van der Waals surface area contributed by atoms with Gasteiger partial charge in [-0.1, -0.05) is 35.9 Å². The fourth-order valence-electron chi connectivity index (χ4n) is 3.33. The van der Waals surface area contributed by atoms with Crippen LogP contribution in [-0.2, 0) is 28.2 Å². The number of carboxylic acid groups (broad SMARTS) is 1. The summed E-state index contributed by atoms with van der Waals surface area (Å²) >= 11 is 1.54. The van der Waals surface area contributed by atoms with Gasteiger partial charge in [0.25, 0.3) is 0 Å². The lowest BCUT2D eigenvalue weighted by Gasteiger charge is -2.21. The van der Waals surface area contributed by atoms with Crippen LogP contribution < -0.4 is 9.46 Å². The Bertz CT molecular complexity index is 1410. The van der Waals surface area contributed by atoms with Gasteiger partial charge in [-0.05, 0) is 55.1 Å². The molecule has 11 heteroatoms. The number of aromatic nitrogens is 1. The maximum atomic E-state index is 12.9. The summed E-state index contributed by atoms with van der Waals surface area (Å²) in [6.07, 6.45) is 0. The summed E-state index contributed by atoms with van der Waals surface area (Å²) in [5.41, 5.74) is 2.62. The van der Waals surface area contributed by atoms with Gasteiger partial charge in [0.15, 0.2) is 0 Å². The third kappa shape index (κ3) is 6.51. The topological polar surface area (TPSA) is 122 Å². The van der Waals surface area contributed by atoms with Gasteiger partial charge in [-0.25, -0.2) is 4.98 Å². The average molecular weight is 528 g/mol. The maximum absolute atomic E-state index is 12.9. The molecule has 0 atom stereocenters. The lowest BCUT2D eigenvalue weighted by atomic mass is 10.2. The van der Waals surface area contributed by atoms with E-state index in [0.29, 0.717) is 34.3 Å². The molecule has 0 aliphatic heterocycles. The molecule has 188 valence electrons. The number of oxazole rings is 1. The Morgan fingerprint density at radius 2 is 1.83 bits per heavy atom. The van der Waals surface area contributed by atoms with Gasteiger partial charge < -0.3 is 14.3 Å². The summed E-state index contributed by atoms with van der Waals surface area (Å²) in [6.45, 7) is 3.11. The summed E-state index contributed by atoms with van der Waals surface area (Å²) in [6, 6.07) is 17.4. The van der Waals surface area contributed by atoms with Crippen LogP contribution in [0.5, 0.6) is 5.75 Å². The zero-order chi connectivity index (χ0) is 25.7. The highest BCUT2D eigenvalue weighted by atomic mass is 32.2. The Labute approximate surface area is 213 Å². The van der Waals surface area contributed by atoms with Gasteiger partial charge in [-0.3, -0.25) is 9.52 Å². The van der Waals surface area contributed by atoms with Crippen LogP contribution in [0.1, 0.15) is 22.6 Å². The van der Waals surface area contributed by atoms with Crippen molar-refractivity contribution in [1.29, 1.82) is 0 Å². The highest BCUT2D eigenvalue weighted by Gasteiger charge is 2.25. The molecule has 0 radical (unpaired) electrons. The fraction of sp³-hybridized carbons (Fsp3) is 0.200. The minimum Gasteiger partial charge on any atom is -0.487 e. The highest BCUT2D eigenvalue weighted by molar-refractivity contribution is 7.90. The standard InChI is InChI=1S/C25H25N3O6S2/c1-17-5-9-20(10-6-17)27-36(31,32)28(15-24(29)30)14-19-7-11-21(12-8-19)33-16-22-18(2)34-25(26-22)23-4-3-13-35-23/h3-13,27H,14-16H2,1-2H3,(H,29,30). The van der Waals surface area contributed by atoms with Crippen molar-refractivity contribution in [3.8, 4) is 16.5 Å². The van der Waals surface area contributed by atoms with E-state index in [2.05, 4.69) is 9.71 Å². The summed E-state index contributed by atoms with van der Waals surface area (Å²) in [5.74, 6) is 0.527. The molecule has 0 aliphatic rings. The number of aryl methyl sites for hydroxylation is 2. The number of ether oxygens (including phenoxy) is 1. The Morgan fingerprint density at radius 1 is 1.11 bits per heavy atom. The van der Waals surface area contributed by atoms with Crippen molar-refractivity contribution in [3.63, 3.8) is 0 Å². The van der Waals surface area contributed by atoms with Crippen LogP contribution in [0.4, 0.5) is 5.69 Å². The molecule has 4 aromatic rings. The summed E-state index contributed by atoms with van der Waals surface area (Å²) < 4.78 is 40.6. The second-order valence-electron chi connectivity index (χ2n) is 8.07. The van der Waals surface area contributed by atoms with Gasteiger partial charge in [0, 0.05) is 12.2 Å². The molecule has 0 saturated heterocycles. The number of thiophene rings is 1. The van der Waals surface area contributed by atoms with Gasteiger partial charge in [0.05, 0.1) is 4.88 Å². The minimum absolute atomic E-state index is 0.125. The molecule has 0 bridgehead atoms. The molecule has 0 fully saturated rings. The molecule has 4 rings (SSSR count). The van der Waals surface area contributed by atoms with E-state index in [0.717, 1.165) is 14.7 Å². The highest BCUT2D eigenvalue weighted by Crippen LogP contribution is 2.26. The van der Waals surface area contributed by atoms with E-state index in [1.807, 2.05) is 31.4 Å². The predicted molar refractivity (Wildman–Crippen MR) is 137 cm³/mol. The van der Waals surface area contributed by atoms with Crippen molar-refractivity contribution in [1.82, 2.24) is 9.29 Å². The van der Waals surface area contributed by atoms with Crippen molar-refractivity contribution in [3.05, 3.63) is 88.6 Å². The molecule has 0 aliphatic carbocycles. The first-order valence-corrected chi connectivity index (χ1v) is 13.3. The van der Waals surface area contributed by atoms with Crippen molar-refractivity contribution in [2.45, 2.75) is 27.0 Å². The van der Waals surface area contributed by atoms with Gasteiger partial charge in [0.1, 0.15) is 30.4 Å². The molecule has 0 unspecified atom stereocenters.